The summed E-state index contributed by atoms with van der Waals surface area (Å²) in [6.45, 7) is 2.04. The van der Waals surface area contributed by atoms with E-state index in [-0.39, 0.29) is 17.6 Å². The van der Waals surface area contributed by atoms with Gasteiger partial charge in [0.15, 0.2) is 5.82 Å². The molecule has 1 N–H and O–H groups in total. The molecular weight excluding hydrogens is 450 g/mol. The summed E-state index contributed by atoms with van der Waals surface area (Å²) in [6, 6.07) is 8.29. The van der Waals surface area contributed by atoms with Crippen LogP contribution in [-0.2, 0) is 0 Å². The van der Waals surface area contributed by atoms with Crippen molar-refractivity contribution in [1.82, 2.24) is 29.5 Å². The largest absolute Gasteiger partial charge is 0.467 e. The molecule has 1 aliphatic carbocycles. The van der Waals surface area contributed by atoms with Crippen LogP contribution in [0, 0.1) is 0 Å². The number of benzene rings is 1. The van der Waals surface area contributed by atoms with E-state index in [1.54, 1.807) is 17.9 Å². The van der Waals surface area contributed by atoms with Crippen LogP contribution < -0.4 is 15.6 Å². The van der Waals surface area contributed by atoms with Gasteiger partial charge in [0.05, 0.1) is 24.0 Å². The van der Waals surface area contributed by atoms with Gasteiger partial charge < -0.3 is 14.6 Å². The summed E-state index contributed by atoms with van der Waals surface area (Å²) in [6.07, 6.45) is 6.89. The lowest BCUT2D eigenvalue weighted by molar-refractivity contribution is 0.380. The number of pyridine rings is 1. The molecular formula is C24H21N7O2S. The number of fused-ring (bicyclic) bond motifs is 2. The van der Waals surface area contributed by atoms with Crippen LogP contribution in [0.5, 0.6) is 6.01 Å². The maximum atomic E-state index is 13.9. The number of methoxy groups -OCH3 is 1. The van der Waals surface area contributed by atoms with Crippen LogP contribution >= 0.6 is 11.3 Å². The van der Waals surface area contributed by atoms with Gasteiger partial charge in [0, 0.05) is 29.7 Å². The lowest BCUT2D eigenvalue weighted by atomic mass is 9.99. The molecule has 10 heteroatoms. The van der Waals surface area contributed by atoms with E-state index in [0.717, 1.165) is 45.4 Å². The minimum atomic E-state index is -0.162. The van der Waals surface area contributed by atoms with E-state index < -0.39 is 0 Å². The first kappa shape index (κ1) is 20.7. The Labute approximate surface area is 198 Å². The monoisotopic (exact) mass is 471 g/mol. The van der Waals surface area contributed by atoms with Gasteiger partial charge in [0.2, 0.25) is 0 Å². The van der Waals surface area contributed by atoms with Crippen molar-refractivity contribution >= 4 is 38.3 Å². The number of hydrogen-bond acceptors (Lipinski definition) is 9. The first-order valence-corrected chi connectivity index (χ1v) is 11.9. The summed E-state index contributed by atoms with van der Waals surface area (Å²) >= 11 is 1.47. The van der Waals surface area contributed by atoms with Crippen molar-refractivity contribution < 1.29 is 4.74 Å². The zero-order valence-electron chi connectivity index (χ0n) is 18.6. The third-order valence-corrected chi connectivity index (χ3v) is 6.81. The first-order valence-electron chi connectivity index (χ1n) is 11.0. The average molecular weight is 472 g/mol. The van der Waals surface area contributed by atoms with E-state index in [9.17, 15) is 4.79 Å². The minimum Gasteiger partial charge on any atom is -0.467 e. The average Bonchev–Trinajstić information content (AvgIpc) is 3.58. The highest BCUT2D eigenvalue weighted by molar-refractivity contribution is 7.16. The van der Waals surface area contributed by atoms with Crippen LogP contribution in [0.2, 0.25) is 0 Å². The number of ether oxygens (including phenoxy) is 1. The van der Waals surface area contributed by atoms with Crippen molar-refractivity contribution in [2.75, 3.05) is 12.4 Å². The summed E-state index contributed by atoms with van der Waals surface area (Å²) in [4.78, 5) is 36.3. The van der Waals surface area contributed by atoms with E-state index in [1.165, 1.54) is 24.8 Å². The molecule has 0 amide bonds. The molecule has 6 rings (SSSR count). The maximum Gasteiger partial charge on any atom is 0.316 e. The number of nitrogens with zero attached hydrogens (tertiary/aromatic N) is 6. The molecule has 1 atom stereocenters. The molecule has 0 spiro atoms. The summed E-state index contributed by atoms with van der Waals surface area (Å²) in [7, 11) is 1.53. The molecule has 1 unspecified atom stereocenters. The molecule has 9 nitrogen and oxygen atoms in total. The maximum absolute atomic E-state index is 13.9. The van der Waals surface area contributed by atoms with E-state index in [1.807, 2.05) is 29.7 Å². The van der Waals surface area contributed by atoms with E-state index in [4.69, 9.17) is 4.74 Å². The Morgan fingerprint density at radius 3 is 2.74 bits per heavy atom. The van der Waals surface area contributed by atoms with Gasteiger partial charge >= 0.3 is 6.01 Å². The van der Waals surface area contributed by atoms with Gasteiger partial charge in [0.1, 0.15) is 16.7 Å². The third-order valence-electron chi connectivity index (χ3n) is 6.08. The van der Waals surface area contributed by atoms with Gasteiger partial charge in [-0.05, 0) is 36.8 Å². The van der Waals surface area contributed by atoms with Crippen LogP contribution in [-0.4, -0.2) is 36.6 Å². The molecule has 4 aromatic heterocycles. The van der Waals surface area contributed by atoms with Crippen LogP contribution in [0.1, 0.15) is 37.5 Å². The molecule has 1 fully saturated rings. The molecule has 1 aliphatic rings. The predicted octanol–water partition coefficient (Wildman–Crippen LogP) is 4.37. The highest BCUT2D eigenvalue weighted by Crippen LogP contribution is 2.38. The van der Waals surface area contributed by atoms with Crippen LogP contribution in [0.4, 0.5) is 5.82 Å². The Balaban J connectivity index is 1.48. The standard InChI is InChI=1S/C24H21N7O2S/c1-13(30-21-20-22(28-11-27-21)34-12-29-20)18-8-14-4-3-5-17(15-9-25-24(33-2)26-10-15)19(14)23(32)31(18)16-6-7-16/h3-5,8-13,16H,6-7H2,1-2H3,(H,27,28,30). The molecule has 1 saturated carbocycles. The second kappa shape index (κ2) is 8.14. The summed E-state index contributed by atoms with van der Waals surface area (Å²) in [5.41, 5.74) is 5.00. The number of anilines is 1. The molecule has 0 saturated heterocycles. The van der Waals surface area contributed by atoms with Gasteiger partial charge in [0.25, 0.3) is 5.56 Å². The zero-order chi connectivity index (χ0) is 23.2. The highest BCUT2D eigenvalue weighted by atomic mass is 32.1. The smallest absolute Gasteiger partial charge is 0.316 e. The van der Waals surface area contributed by atoms with Gasteiger partial charge in [-0.15, -0.1) is 11.3 Å². The molecule has 1 aromatic carbocycles. The van der Waals surface area contributed by atoms with Crippen molar-refractivity contribution in [2.45, 2.75) is 31.8 Å². The number of nitrogens with one attached hydrogen (secondary N) is 1. The van der Waals surface area contributed by atoms with Crippen molar-refractivity contribution in [2.24, 2.45) is 0 Å². The second-order valence-corrected chi connectivity index (χ2v) is 9.13. The number of rotatable bonds is 6. The van der Waals surface area contributed by atoms with Crippen molar-refractivity contribution in [3.05, 3.63) is 64.5 Å². The Kier molecular flexibility index (Phi) is 4.95. The van der Waals surface area contributed by atoms with Crippen molar-refractivity contribution in [1.29, 1.82) is 0 Å². The Hall–Kier alpha value is -3.92. The zero-order valence-corrected chi connectivity index (χ0v) is 19.4. The normalized spacial score (nSPS) is 14.4. The third kappa shape index (κ3) is 3.47. The molecule has 170 valence electrons. The second-order valence-electron chi connectivity index (χ2n) is 8.30. The van der Waals surface area contributed by atoms with Crippen LogP contribution in [0.15, 0.2) is 53.3 Å². The minimum absolute atomic E-state index is 0.00318. The Morgan fingerprint density at radius 2 is 1.97 bits per heavy atom. The highest BCUT2D eigenvalue weighted by Gasteiger charge is 2.30. The van der Waals surface area contributed by atoms with Crippen LogP contribution in [0.3, 0.4) is 0 Å². The fraction of sp³-hybridized carbons (Fsp3) is 0.250. The fourth-order valence-electron chi connectivity index (χ4n) is 4.32. The summed E-state index contributed by atoms with van der Waals surface area (Å²) in [5, 5.41) is 5.01. The summed E-state index contributed by atoms with van der Waals surface area (Å²) in [5.74, 6) is 0.665. The lowest BCUT2D eigenvalue weighted by Crippen LogP contribution is -2.26. The summed E-state index contributed by atoms with van der Waals surface area (Å²) < 4.78 is 7.02. The Morgan fingerprint density at radius 1 is 1.15 bits per heavy atom. The fourth-order valence-corrected chi connectivity index (χ4v) is 4.95. The van der Waals surface area contributed by atoms with E-state index in [2.05, 4.69) is 36.3 Å². The number of hydrogen-bond donors (Lipinski definition) is 1. The van der Waals surface area contributed by atoms with E-state index >= 15 is 0 Å². The van der Waals surface area contributed by atoms with Gasteiger partial charge in [-0.2, -0.15) is 0 Å². The number of thiazole rings is 1. The quantitative estimate of drug-likeness (QED) is 0.389. The van der Waals surface area contributed by atoms with Gasteiger partial charge in [-0.25, -0.2) is 24.9 Å². The molecule has 0 bridgehead atoms. The lowest BCUT2D eigenvalue weighted by Gasteiger charge is -2.22. The van der Waals surface area contributed by atoms with Crippen molar-refractivity contribution in [3.63, 3.8) is 0 Å². The van der Waals surface area contributed by atoms with Crippen molar-refractivity contribution in [3.8, 4) is 17.1 Å². The van der Waals surface area contributed by atoms with Gasteiger partial charge in [-0.3, -0.25) is 4.79 Å². The predicted molar refractivity (Wildman–Crippen MR) is 131 cm³/mol. The van der Waals surface area contributed by atoms with E-state index in [0.29, 0.717) is 17.2 Å². The van der Waals surface area contributed by atoms with Gasteiger partial charge in [-0.1, -0.05) is 18.2 Å². The topological polar surface area (TPSA) is 108 Å². The molecule has 5 aromatic rings. The van der Waals surface area contributed by atoms with Crippen LogP contribution in [0.25, 0.3) is 32.2 Å². The molecule has 34 heavy (non-hydrogen) atoms. The molecule has 0 radical (unpaired) electrons. The SMILES string of the molecule is COc1ncc(-c2cccc3cc(C(C)Nc4ncnc5scnc45)n(C4CC4)c(=O)c23)cn1. The number of aromatic nitrogens is 6. The molecule has 4 heterocycles. The molecule has 0 aliphatic heterocycles. The Bertz CT molecular complexity index is 1570. The first-order chi connectivity index (χ1) is 16.6.